The Morgan fingerprint density at radius 2 is 2.28 bits per heavy atom. The molecule has 18 heavy (non-hydrogen) atoms. The predicted octanol–water partition coefficient (Wildman–Crippen LogP) is 2.35. The minimum absolute atomic E-state index is 0.728. The van der Waals surface area contributed by atoms with Gasteiger partial charge in [0.05, 0.1) is 5.69 Å². The van der Waals surface area contributed by atoms with Gasteiger partial charge in [0, 0.05) is 18.3 Å². The molecule has 2 heterocycles. The van der Waals surface area contributed by atoms with Gasteiger partial charge in [-0.1, -0.05) is 12.5 Å². The zero-order valence-electron chi connectivity index (χ0n) is 11.7. The van der Waals surface area contributed by atoms with Gasteiger partial charge in [0.1, 0.15) is 0 Å². The van der Waals surface area contributed by atoms with E-state index in [9.17, 15) is 0 Å². The van der Waals surface area contributed by atoms with Crippen molar-refractivity contribution in [2.75, 3.05) is 20.1 Å². The summed E-state index contributed by atoms with van der Waals surface area (Å²) in [6, 6.07) is 6.98. The lowest BCUT2D eigenvalue weighted by Crippen LogP contribution is -2.36. The van der Waals surface area contributed by atoms with Crippen LogP contribution in [0.25, 0.3) is 0 Å². The molecule has 2 rings (SSSR count). The number of aromatic nitrogens is 1. The maximum atomic E-state index is 4.55. The highest BCUT2D eigenvalue weighted by molar-refractivity contribution is 5.09. The Morgan fingerprint density at radius 1 is 1.39 bits per heavy atom. The van der Waals surface area contributed by atoms with Gasteiger partial charge in [0.2, 0.25) is 0 Å². The summed E-state index contributed by atoms with van der Waals surface area (Å²) in [5.74, 6) is 0. The van der Waals surface area contributed by atoms with Crippen molar-refractivity contribution < 1.29 is 0 Å². The van der Waals surface area contributed by atoms with E-state index >= 15 is 0 Å². The molecule has 1 aromatic heterocycles. The molecule has 100 valence electrons. The first kappa shape index (κ1) is 13.5. The van der Waals surface area contributed by atoms with Gasteiger partial charge in [-0.05, 0) is 58.5 Å². The Hall–Kier alpha value is -0.930. The lowest BCUT2D eigenvalue weighted by atomic mass is 10.0. The first-order chi connectivity index (χ1) is 8.74. The highest BCUT2D eigenvalue weighted by Crippen LogP contribution is 2.11. The lowest BCUT2D eigenvalue weighted by molar-refractivity contribution is 0.279. The van der Waals surface area contributed by atoms with Crippen LogP contribution in [0, 0.1) is 6.92 Å². The number of nitrogens with zero attached hydrogens (tertiary/aromatic N) is 2. The first-order valence-electron chi connectivity index (χ1n) is 7.08. The topological polar surface area (TPSA) is 28.2 Å². The molecule has 1 aromatic rings. The number of aryl methyl sites for hydroxylation is 1. The Morgan fingerprint density at radius 3 is 3.00 bits per heavy atom. The van der Waals surface area contributed by atoms with Gasteiger partial charge in [0.15, 0.2) is 0 Å². The van der Waals surface area contributed by atoms with E-state index < -0.39 is 0 Å². The molecule has 0 bridgehead atoms. The van der Waals surface area contributed by atoms with E-state index in [4.69, 9.17) is 0 Å². The van der Waals surface area contributed by atoms with Gasteiger partial charge in [-0.3, -0.25) is 4.98 Å². The summed E-state index contributed by atoms with van der Waals surface area (Å²) in [6.07, 6.45) is 5.33. The van der Waals surface area contributed by atoms with Gasteiger partial charge >= 0.3 is 0 Å². The van der Waals surface area contributed by atoms with Crippen molar-refractivity contribution in [3.05, 3.63) is 29.6 Å². The average molecular weight is 247 g/mol. The third-order valence-electron chi connectivity index (χ3n) is 3.65. The van der Waals surface area contributed by atoms with Crippen LogP contribution >= 0.6 is 0 Å². The fourth-order valence-corrected chi connectivity index (χ4v) is 2.59. The third kappa shape index (κ3) is 4.39. The van der Waals surface area contributed by atoms with Crippen LogP contribution in [0.3, 0.4) is 0 Å². The highest BCUT2D eigenvalue weighted by Gasteiger charge is 2.13. The van der Waals surface area contributed by atoms with Crippen molar-refractivity contribution in [1.29, 1.82) is 0 Å². The Kier molecular flexibility index (Phi) is 5.14. The Balaban J connectivity index is 1.72. The lowest BCUT2D eigenvalue weighted by Gasteiger charge is -2.25. The maximum absolute atomic E-state index is 4.55. The Labute approximate surface area is 111 Å². The van der Waals surface area contributed by atoms with Gasteiger partial charge in [0.25, 0.3) is 0 Å². The van der Waals surface area contributed by atoms with Crippen LogP contribution in [-0.4, -0.2) is 36.1 Å². The number of nitrogens with one attached hydrogen (secondary N) is 1. The quantitative estimate of drug-likeness (QED) is 0.865. The van der Waals surface area contributed by atoms with Crippen LogP contribution in [0.2, 0.25) is 0 Å². The van der Waals surface area contributed by atoms with Crippen LogP contribution < -0.4 is 5.32 Å². The molecule has 0 radical (unpaired) electrons. The normalized spacial score (nSPS) is 20.3. The molecule has 3 nitrogen and oxygen atoms in total. The number of rotatable bonds is 5. The highest BCUT2D eigenvalue weighted by atomic mass is 15.1. The van der Waals surface area contributed by atoms with E-state index in [0.29, 0.717) is 0 Å². The molecule has 0 amide bonds. The van der Waals surface area contributed by atoms with Crippen LogP contribution in [0.4, 0.5) is 0 Å². The maximum Gasteiger partial charge on any atom is 0.0547 e. The van der Waals surface area contributed by atoms with Crippen molar-refractivity contribution in [1.82, 2.24) is 15.2 Å². The van der Waals surface area contributed by atoms with Gasteiger partial charge in [-0.2, -0.15) is 0 Å². The summed E-state index contributed by atoms with van der Waals surface area (Å²) in [4.78, 5) is 6.92. The van der Waals surface area contributed by atoms with Gasteiger partial charge in [-0.25, -0.2) is 0 Å². The molecule has 1 fully saturated rings. The summed E-state index contributed by atoms with van der Waals surface area (Å²) in [7, 11) is 2.19. The smallest absolute Gasteiger partial charge is 0.0547 e. The van der Waals surface area contributed by atoms with E-state index in [-0.39, 0.29) is 0 Å². The molecule has 0 saturated carbocycles. The van der Waals surface area contributed by atoms with E-state index in [1.165, 1.54) is 37.9 Å². The SMILES string of the molecule is Cc1cccc(CN(C)CCC2CCCCN2)n1. The van der Waals surface area contributed by atoms with Crippen LogP contribution in [0.15, 0.2) is 18.2 Å². The third-order valence-corrected chi connectivity index (χ3v) is 3.65. The van der Waals surface area contributed by atoms with Crippen molar-refractivity contribution in [3.8, 4) is 0 Å². The molecule has 0 aromatic carbocycles. The number of piperidine rings is 1. The molecule has 3 heteroatoms. The van der Waals surface area contributed by atoms with E-state index in [2.05, 4.69) is 47.4 Å². The number of hydrogen-bond donors (Lipinski definition) is 1. The van der Waals surface area contributed by atoms with Crippen molar-refractivity contribution in [2.45, 2.75) is 45.2 Å². The second kappa shape index (κ2) is 6.86. The van der Waals surface area contributed by atoms with Crippen LogP contribution in [0.5, 0.6) is 0 Å². The first-order valence-corrected chi connectivity index (χ1v) is 7.08. The molecule has 1 aliphatic heterocycles. The fourth-order valence-electron chi connectivity index (χ4n) is 2.59. The Bertz CT molecular complexity index is 359. The van der Waals surface area contributed by atoms with Gasteiger partial charge < -0.3 is 10.2 Å². The summed E-state index contributed by atoms with van der Waals surface area (Å²) in [5, 5.41) is 3.61. The van der Waals surface area contributed by atoms with Crippen molar-refractivity contribution in [3.63, 3.8) is 0 Å². The van der Waals surface area contributed by atoms with E-state index in [0.717, 1.165) is 24.8 Å². The monoisotopic (exact) mass is 247 g/mol. The van der Waals surface area contributed by atoms with E-state index in [1.54, 1.807) is 0 Å². The van der Waals surface area contributed by atoms with Crippen molar-refractivity contribution in [2.24, 2.45) is 0 Å². The molecule has 1 saturated heterocycles. The fraction of sp³-hybridized carbons (Fsp3) is 0.667. The molecular formula is C15H25N3. The molecule has 0 aliphatic carbocycles. The van der Waals surface area contributed by atoms with Crippen molar-refractivity contribution >= 4 is 0 Å². The molecule has 1 N–H and O–H groups in total. The molecule has 1 unspecified atom stereocenters. The summed E-state index contributed by atoms with van der Waals surface area (Å²) >= 11 is 0. The average Bonchev–Trinajstić information content (AvgIpc) is 2.38. The summed E-state index contributed by atoms with van der Waals surface area (Å²) in [6.45, 7) is 5.35. The summed E-state index contributed by atoms with van der Waals surface area (Å²) < 4.78 is 0. The standard InChI is InChI=1S/C15H25N3/c1-13-6-5-8-15(17-13)12-18(2)11-9-14-7-3-4-10-16-14/h5-6,8,14,16H,3-4,7,9-12H2,1-2H3. The number of pyridine rings is 1. The minimum Gasteiger partial charge on any atom is -0.314 e. The molecular weight excluding hydrogens is 222 g/mol. The van der Waals surface area contributed by atoms with Crippen LogP contribution in [-0.2, 0) is 6.54 Å². The largest absolute Gasteiger partial charge is 0.314 e. The molecule has 0 spiro atoms. The van der Waals surface area contributed by atoms with E-state index in [1.807, 2.05) is 0 Å². The van der Waals surface area contributed by atoms with Crippen LogP contribution in [0.1, 0.15) is 37.1 Å². The van der Waals surface area contributed by atoms with Gasteiger partial charge in [-0.15, -0.1) is 0 Å². The zero-order chi connectivity index (χ0) is 12.8. The number of hydrogen-bond acceptors (Lipinski definition) is 3. The molecule has 1 atom stereocenters. The predicted molar refractivity (Wildman–Crippen MR) is 75.6 cm³/mol. The summed E-state index contributed by atoms with van der Waals surface area (Å²) in [5.41, 5.74) is 2.28. The second-order valence-corrected chi connectivity index (χ2v) is 5.44. The second-order valence-electron chi connectivity index (χ2n) is 5.44. The zero-order valence-corrected chi connectivity index (χ0v) is 11.7. The minimum atomic E-state index is 0.728. The molecule has 1 aliphatic rings.